The predicted molar refractivity (Wildman–Crippen MR) is 143 cm³/mol. The summed E-state index contributed by atoms with van der Waals surface area (Å²) in [5, 5.41) is 3.06. The van der Waals surface area contributed by atoms with Crippen LogP contribution in [0.2, 0.25) is 0 Å². The van der Waals surface area contributed by atoms with Crippen LogP contribution in [-0.2, 0) is 26.2 Å². The van der Waals surface area contributed by atoms with Gasteiger partial charge in [0.2, 0.25) is 21.8 Å². The molecule has 0 heterocycles. The van der Waals surface area contributed by atoms with Gasteiger partial charge in [0, 0.05) is 16.2 Å². The first-order valence-corrected chi connectivity index (χ1v) is 14.4. The van der Waals surface area contributed by atoms with E-state index in [0.29, 0.717) is 5.69 Å². The van der Waals surface area contributed by atoms with E-state index in [2.05, 4.69) is 27.9 Å². The van der Waals surface area contributed by atoms with E-state index in [0.717, 1.165) is 50.9 Å². The molecule has 2 amide bonds. The Morgan fingerprint density at radius 3 is 2.21 bits per heavy atom. The third-order valence-electron chi connectivity index (χ3n) is 6.14. The molecule has 2 aromatic rings. The monoisotopic (exact) mass is 597 g/mol. The number of amides is 2. The van der Waals surface area contributed by atoms with Crippen LogP contribution in [-0.4, -0.2) is 50.0 Å². The van der Waals surface area contributed by atoms with Gasteiger partial charge in [-0.3, -0.25) is 13.9 Å². The van der Waals surface area contributed by atoms with E-state index in [1.165, 1.54) is 4.90 Å². The summed E-state index contributed by atoms with van der Waals surface area (Å²) >= 11 is 2.14. The van der Waals surface area contributed by atoms with Crippen molar-refractivity contribution in [1.82, 2.24) is 10.2 Å². The first kappa shape index (κ1) is 26.5. The first-order chi connectivity index (χ1) is 16.0. The molecule has 1 saturated carbocycles. The highest BCUT2D eigenvalue weighted by Crippen LogP contribution is 2.21. The van der Waals surface area contributed by atoms with E-state index in [1.807, 2.05) is 31.2 Å². The zero-order valence-electron chi connectivity index (χ0n) is 19.8. The Bertz CT molecular complexity index is 1100. The van der Waals surface area contributed by atoms with Crippen molar-refractivity contribution >= 4 is 50.1 Å². The van der Waals surface area contributed by atoms with Crippen LogP contribution in [0, 0.1) is 10.5 Å². The Balaban J connectivity index is 1.86. The van der Waals surface area contributed by atoms with E-state index in [4.69, 9.17) is 0 Å². The molecular formula is C25H32IN3O4S. The maximum atomic E-state index is 13.5. The van der Waals surface area contributed by atoms with Gasteiger partial charge in [-0.2, -0.15) is 0 Å². The van der Waals surface area contributed by atoms with Gasteiger partial charge in [-0.25, -0.2) is 8.42 Å². The van der Waals surface area contributed by atoms with Gasteiger partial charge in [0.1, 0.15) is 12.6 Å². The largest absolute Gasteiger partial charge is 0.352 e. The number of nitrogens with zero attached hydrogens (tertiary/aromatic N) is 2. The van der Waals surface area contributed by atoms with Crippen LogP contribution in [0.25, 0.3) is 0 Å². The summed E-state index contributed by atoms with van der Waals surface area (Å²) < 4.78 is 27.2. The van der Waals surface area contributed by atoms with Crippen LogP contribution in [0.15, 0.2) is 48.5 Å². The number of aryl methyl sites for hydroxylation is 1. The molecule has 0 bridgehead atoms. The molecule has 0 spiro atoms. The van der Waals surface area contributed by atoms with Gasteiger partial charge in [0.25, 0.3) is 0 Å². The number of benzene rings is 2. The average molecular weight is 598 g/mol. The molecule has 1 aliphatic rings. The van der Waals surface area contributed by atoms with Crippen LogP contribution in [0.5, 0.6) is 0 Å². The van der Waals surface area contributed by atoms with Gasteiger partial charge in [-0.1, -0.05) is 42.7 Å². The summed E-state index contributed by atoms with van der Waals surface area (Å²) in [5.41, 5.74) is 2.38. The molecule has 0 aliphatic heterocycles. The van der Waals surface area contributed by atoms with Gasteiger partial charge < -0.3 is 10.2 Å². The number of carbonyl (C=O) groups excluding carboxylic acids is 2. The second kappa shape index (κ2) is 11.5. The summed E-state index contributed by atoms with van der Waals surface area (Å²) in [5.74, 6) is -0.647. The van der Waals surface area contributed by atoms with Crippen molar-refractivity contribution in [2.75, 3.05) is 17.1 Å². The Kier molecular flexibility index (Phi) is 8.97. The normalized spacial score (nSPS) is 15.1. The lowest BCUT2D eigenvalue weighted by atomic mass is 10.1. The van der Waals surface area contributed by atoms with Crippen molar-refractivity contribution in [2.24, 2.45) is 0 Å². The fraction of sp³-hybridized carbons (Fsp3) is 0.440. The smallest absolute Gasteiger partial charge is 0.244 e. The fourth-order valence-electron chi connectivity index (χ4n) is 4.09. The molecule has 0 saturated heterocycles. The number of carbonyl (C=O) groups is 2. The van der Waals surface area contributed by atoms with Gasteiger partial charge in [0.05, 0.1) is 11.9 Å². The minimum atomic E-state index is -3.72. The SMILES string of the molecule is Cc1ccc(CN(C(=O)CN(c2ccc(I)cc2)S(C)(=O)=O)[C@H](C)C(=O)NC2CCCC2)cc1. The molecule has 1 fully saturated rings. The molecule has 1 atom stereocenters. The maximum Gasteiger partial charge on any atom is 0.244 e. The minimum Gasteiger partial charge on any atom is -0.352 e. The highest BCUT2D eigenvalue weighted by atomic mass is 127. The number of sulfonamides is 1. The standard InChI is InChI=1S/C25H32IN3O4S/c1-18-8-10-20(11-9-18)16-28(19(2)25(31)27-22-6-4-5-7-22)24(30)17-29(34(3,32)33)23-14-12-21(26)13-15-23/h8-15,19,22H,4-7,16-17H2,1-3H3,(H,27,31)/t19-/m1/s1. The predicted octanol–water partition coefficient (Wildman–Crippen LogP) is 3.84. The molecule has 3 rings (SSSR count). The molecule has 7 nitrogen and oxygen atoms in total. The summed E-state index contributed by atoms with van der Waals surface area (Å²) in [4.78, 5) is 28.0. The molecule has 1 N–H and O–H groups in total. The molecule has 9 heteroatoms. The van der Waals surface area contributed by atoms with Crippen molar-refractivity contribution in [2.45, 2.75) is 58.2 Å². The van der Waals surface area contributed by atoms with Gasteiger partial charge in [-0.05, 0) is 79.1 Å². The van der Waals surface area contributed by atoms with Crippen LogP contribution in [0.4, 0.5) is 5.69 Å². The van der Waals surface area contributed by atoms with Crippen LogP contribution in [0.3, 0.4) is 0 Å². The van der Waals surface area contributed by atoms with E-state index in [9.17, 15) is 18.0 Å². The molecule has 184 valence electrons. The zero-order valence-corrected chi connectivity index (χ0v) is 22.8. The second-order valence-corrected chi connectivity index (χ2v) is 12.1. The summed E-state index contributed by atoms with van der Waals surface area (Å²) in [7, 11) is -3.72. The van der Waals surface area contributed by atoms with Gasteiger partial charge in [0.15, 0.2) is 0 Å². The molecule has 0 radical (unpaired) electrons. The third kappa shape index (κ3) is 7.18. The Hall–Kier alpha value is -2.14. The zero-order chi connectivity index (χ0) is 24.9. The van der Waals surface area contributed by atoms with E-state index in [-0.39, 0.29) is 25.0 Å². The molecular weight excluding hydrogens is 565 g/mol. The van der Waals surface area contributed by atoms with E-state index in [1.54, 1.807) is 31.2 Å². The van der Waals surface area contributed by atoms with Crippen LogP contribution < -0.4 is 9.62 Å². The second-order valence-electron chi connectivity index (χ2n) is 8.92. The molecule has 0 aromatic heterocycles. The molecule has 1 aliphatic carbocycles. The number of hydrogen-bond acceptors (Lipinski definition) is 4. The average Bonchev–Trinajstić information content (AvgIpc) is 3.29. The summed E-state index contributed by atoms with van der Waals surface area (Å²) in [6.07, 6.45) is 5.15. The Morgan fingerprint density at radius 2 is 1.65 bits per heavy atom. The van der Waals surface area contributed by atoms with Crippen LogP contribution in [0.1, 0.15) is 43.7 Å². The van der Waals surface area contributed by atoms with Crippen molar-refractivity contribution in [3.8, 4) is 0 Å². The molecule has 2 aromatic carbocycles. The lowest BCUT2D eigenvalue weighted by Gasteiger charge is -2.32. The fourth-order valence-corrected chi connectivity index (χ4v) is 5.30. The Labute approximate surface area is 216 Å². The topological polar surface area (TPSA) is 86.8 Å². The quantitative estimate of drug-likeness (QED) is 0.446. The molecule has 34 heavy (non-hydrogen) atoms. The third-order valence-corrected chi connectivity index (χ3v) is 8.00. The lowest BCUT2D eigenvalue weighted by molar-refractivity contribution is -0.139. The number of halogens is 1. The van der Waals surface area contributed by atoms with Crippen molar-refractivity contribution in [3.63, 3.8) is 0 Å². The summed E-state index contributed by atoms with van der Waals surface area (Å²) in [6, 6.07) is 14.1. The van der Waals surface area contributed by atoms with Gasteiger partial charge in [-0.15, -0.1) is 0 Å². The first-order valence-electron chi connectivity index (χ1n) is 11.4. The van der Waals surface area contributed by atoms with Gasteiger partial charge >= 0.3 is 0 Å². The van der Waals surface area contributed by atoms with Crippen molar-refractivity contribution in [1.29, 1.82) is 0 Å². The van der Waals surface area contributed by atoms with Crippen molar-refractivity contribution < 1.29 is 18.0 Å². The highest BCUT2D eigenvalue weighted by molar-refractivity contribution is 14.1. The highest BCUT2D eigenvalue weighted by Gasteiger charge is 2.31. The molecule has 0 unspecified atom stereocenters. The van der Waals surface area contributed by atoms with E-state index < -0.39 is 22.0 Å². The summed E-state index contributed by atoms with van der Waals surface area (Å²) in [6.45, 7) is 3.51. The van der Waals surface area contributed by atoms with Crippen molar-refractivity contribution in [3.05, 3.63) is 63.2 Å². The Morgan fingerprint density at radius 1 is 1.06 bits per heavy atom. The number of nitrogens with one attached hydrogen (secondary N) is 1. The van der Waals surface area contributed by atoms with E-state index >= 15 is 0 Å². The number of hydrogen-bond donors (Lipinski definition) is 1. The van der Waals surface area contributed by atoms with Crippen LogP contribution >= 0.6 is 22.6 Å². The number of anilines is 1. The number of rotatable bonds is 9. The lowest BCUT2D eigenvalue weighted by Crippen LogP contribution is -2.52. The minimum absolute atomic E-state index is 0.130. The maximum absolute atomic E-state index is 13.5.